The summed E-state index contributed by atoms with van der Waals surface area (Å²) >= 11 is 0. The van der Waals surface area contributed by atoms with Crippen molar-refractivity contribution >= 4 is 5.82 Å². The van der Waals surface area contributed by atoms with Crippen molar-refractivity contribution in [2.24, 2.45) is 13.0 Å². The van der Waals surface area contributed by atoms with Crippen LogP contribution in [0.3, 0.4) is 0 Å². The minimum atomic E-state index is -0.0626. The highest BCUT2D eigenvalue weighted by molar-refractivity contribution is 5.31. The van der Waals surface area contributed by atoms with Crippen molar-refractivity contribution in [2.45, 2.75) is 26.8 Å². The molecule has 2 heterocycles. The lowest BCUT2D eigenvalue weighted by molar-refractivity contribution is 0.509. The lowest BCUT2D eigenvalue weighted by Crippen LogP contribution is -2.26. The number of hydrogen-bond donors (Lipinski definition) is 1. The molecule has 2 aromatic rings. The van der Waals surface area contributed by atoms with Crippen molar-refractivity contribution in [3.8, 4) is 0 Å². The van der Waals surface area contributed by atoms with E-state index in [1.54, 1.807) is 21.6 Å². The number of anilines is 1. The predicted molar refractivity (Wildman–Crippen MR) is 78.7 cm³/mol. The van der Waals surface area contributed by atoms with Crippen LogP contribution in [0.5, 0.6) is 0 Å². The fourth-order valence-corrected chi connectivity index (χ4v) is 2.03. The van der Waals surface area contributed by atoms with E-state index in [2.05, 4.69) is 29.2 Å². The molecule has 0 aliphatic heterocycles. The molecule has 20 heavy (non-hydrogen) atoms. The first-order valence-corrected chi connectivity index (χ1v) is 6.83. The number of aromatic nitrogens is 4. The van der Waals surface area contributed by atoms with Crippen molar-refractivity contribution in [3.05, 3.63) is 40.7 Å². The van der Waals surface area contributed by atoms with Crippen molar-refractivity contribution < 1.29 is 0 Å². The number of nitrogens with zero attached hydrogens (tertiary/aromatic N) is 4. The highest BCUT2D eigenvalue weighted by Gasteiger charge is 2.06. The first-order valence-electron chi connectivity index (χ1n) is 6.83. The molecule has 2 rings (SSSR count). The summed E-state index contributed by atoms with van der Waals surface area (Å²) in [7, 11) is 1.89. The van der Waals surface area contributed by atoms with Gasteiger partial charge in [0.1, 0.15) is 0 Å². The summed E-state index contributed by atoms with van der Waals surface area (Å²) in [4.78, 5) is 16.3. The molecule has 1 N–H and O–H groups in total. The highest BCUT2D eigenvalue weighted by atomic mass is 16.1. The number of hydrogen-bond acceptors (Lipinski definition) is 4. The minimum absolute atomic E-state index is 0.0626. The molecular weight excluding hydrogens is 254 g/mol. The molecule has 0 radical (unpaired) electrons. The SMILES string of the molecule is CC(C)Cn1ccnc(NCCc2cnn(C)c2)c1=O. The topological polar surface area (TPSA) is 64.7 Å². The van der Waals surface area contributed by atoms with Crippen LogP contribution in [-0.2, 0) is 20.0 Å². The Hall–Kier alpha value is -2.11. The van der Waals surface area contributed by atoms with Crippen molar-refractivity contribution in [2.75, 3.05) is 11.9 Å². The Morgan fingerprint density at radius 2 is 2.20 bits per heavy atom. The fraction of sp³-hybridized carbons (Fsp3) is 0.500. The van der Waals surface area contributed by atoms with Crippen LogP contribution in [0.25, 0.3) is 0 Å². The van der Waals surface area contributed by atoms with E-state index in [1.807, 2.05) is 19.4 Å². The van der Waals surface area contributed by atoms with Gasteiger partial charge in [-0.3, -0.25) is 9.48 Å². The van der Waals surface area contributed by atoms with Gasteiger partial charge in [-0.15, -0.1) is 0 Å². The third kappa shape index (κ3) is 3.69. The Kier molecular flexibility index (Phi) is 4.55. The molecule has 0 atom stereocenters. The van der Waals surface area contributed by atoms with Crippen LogP contribution in [0.1, 0.15) is 19.4 Å². The summed E-state index contributed by atoms with van der Waals surface area (Å²) in [6.45, 7) is 5.54. The van der Waals surface area contributed by atoms with Gasteiger partial charge in [-0.25, -0.2) is 4.98 Å². The molecule has 0 amide bonds. The van der Waals surface area contributed by atoms with E-state index < -0.39 is 0 Å². The van der Waals surface area contributed by atoms with Crippen LogP contribution in [0.15, 0.2) is 29.6 Å². The Morgan fingerprint density at radius 1 is 1.40 bits per heavy atom. The zero-order valence-electron chi connectivity index (χ0n) is 12.2. The van der Waals surface area contributed by atoms with Gasteiger partial charge in [0.05, 0.1) is 6.20 Å². The second-order valence-corrected chi connectivity index (χ2v) is 5.33. The Balaban J connectivity index is 1.97. The maximum absolute atomic E-state index is 12.2. The van der Waals surface area contributed by atoms with E-state index in [9.17, 15) is 4.79 Å². The monoisotopic (exact) mass is 275 g/mol. The van der Waals surface area contributed by atoms with Gasteiger partial charge < -0.3 is 9.88 Å². The number of rotatable bonds is 6. The van der Waals surface area contributed by atoms with Gasteiger partial charge in [0.2, 0.25) is 0 Å². The van der Waals surface area contributed by atoms with Crippen LogP contribution in [0.4, 0.5) is 5.82 Å². The summed E-state index contributed by atoms with van der Waals surface area (Å²) in [5.74, 6) is 0.843. The van der Waals surface area contributed by atoms with Crippen molar-refractivity contribution in [1.29, 1.82) is 0 Å². The van der Waals surface area contributed by atoms with Crippen LogP contribution >= 0.6 is 0 Å². The molecule has 108 valence electrons. The van der Waals surface area contributed by atoms with Gasteiger partial charge >= 0.3 is 0 Å². The quantitative estimate of drug-likeness (QED) is 0.862. The molecule has 0 unspecified atom stereocenters. The maximum Gasteiger partial charge on any atom is 0.293 e. The van der Waals surface area contributed by atoms with Gasteiger partial charge in [0.25, 0.3) is 5.56 Å². The average molecular weight is 275 g/mol. The third-order valence-electron chi connectivity index (χ3n) is 2.94. The standard InChI is InChI=1S/C14H21N5O/c1-11(2)9-19-7-6-16-13(14(19)20)15-5-4-12-8-17-18(3)10-12/h6-8,10-11H,4-5,9H2,1-3H3,(H,15,16). The van der Waals surface area contributed by atoms with Crippen molar-refractivity contribution in [3.63, 3.8) is 0 Å². The molecule has 2 aromatic heterocycles. The van der Waals surface area contributed by atoms with Crippen LogP contribution in [0.2, 0.25) is 0 Å². The molecule has 6 nitrogen and oxygen atoms in total. The second-order valence-electron chi connectivity index (χ2n) is 5.33. The molecule has 0 spiro atoms. The molecule has 0 saturated carbocycles. The Labute approximate surface area is 118 Å². The number of nitrogens with one attached hydrogen (secondary N) is 1. The van der Waals surface area contributed by atoms with E-state index in [4.69, 9.17) is 0 Å². The minimum Gasteiger partial charge on any atom is -0.365 e. The summed E-state index contributed by atoms with van der Waals surface area (Å²) < 4.78 is 3.47. The lowest BCUT2D eigenvalue weighted by Gasteiger charge is -2.10. The molecule has 0 fully saturated rings. The maximum atomic E-state index is 12.2. The molecule has 6 heteroatoms. The van der Waals surface area contributed by atoms with Gasteiger partial charge in [-0.1, -0.05) is 13.8 Å². The van der Waals surface area contributed by atoms with Gasteiger partial charge in [0.15, 0.2) is 5.82 Å². The van der Waals surface area contributed by atoms with E-state index in [1.165, 1.54) is 0 Å². The summed E-state index contributed by atoms with van der Waals surface area (Å²) in [6, 6.07) is 0. The third-order valence-corrected chi connectivity index (χ3v) is 2.94. The first kappa shape index (κ1) is 14.3. The smallest absolute Gasteiger partial charge is 0.293 e. The first-order chi connectivity index (χ1) is 9.56. The Morgan fingerprint density at radius 3 is 2.85 bits per heavy atom. The molecule has 0 saturated heterocycles. The number of aryl methyl sites for hydroxylation is 1. The van der Waals surface area contributed by atoms with E-state index in [0.29, 0.717) is 24.8 Å². The van der Waals surface area contributed by atoms with Crippen LogP contribution < -0.4 is 10.9 Å². The zero-order valence-corrected chi connectivity index (χ0v) is 12.2. The van der Waals surface area contributed by atoms with E-state index in [0.717, 1.165) is 12.0 Å². The average Bonchev–Trinajstić information content (AvgIpc) is 2.79. The van der Waals surface area contributed by atoms with E-state index in [-0.39, 0.29) is 5.56 Å². The van der Waals surface area contributed by atoms with Crippen LogP contribution in [-0.4, -0.2) is 25.9 Å². The van der Waals surface area contributed by atoms with Gasteiger partial charge in [0, 0.05) is 38.7 Å². The predicted octanol–water partition coefficient (Wildman–Crippen LogP) is 1.29. The molecule has 0 aromatic carbocycles. The second kappa shape index (κ2) is 6.36. The Bertz CT molecular complexity index is 614. The van der Waals surface area contributed by atoms with Crippen molar-refractivity contribution in [1.82, 2.24) is 19.3 Å². The lowest BCUT2D eigenvalue weighted by atomic mass is 10.2. The zero-order chi connectivity index (χ0) is 14.5. The normalized spacial score (nSPS) is 11.0. The van der Waals surface area contributed by atoms with Gasteiger partial charge in [-0.05, 0) is 17.9 Å². The highest BCUT2D eigenvalue weighted by Crippen LogP contribution is 2.01. The summed E-state index contributed by atoms with van der Waals surface area (Å²) in [5, 5.41) is 7.22. The molecule has 0 aliphatic carbocycles. The van der Waals surface area contributed by atoms with Gasteiger partial charge in [-0.2, -0.15) is 5.10 Å². The summed E-state index contributed by atoms with van der Waals surface area (Å²) in [6.07, 6.45) is 8.01. The fourth-order valence-electron chi connectivity index (χ4n) is 2.03. The summed E-state index contributed by atoms with van der Waals surface area (Å²) in [5.41, 5.74) is 1.07. The molecule has 0 bridgehead atoms. The van der Waals surface area contributed by atoms with E-state index >= 15 is 0 Å². The molecule has 0 aliphatic rings. The largest absolute Gasteiger partial charge is 0.365 e. The molecular formula is C14H21N5O. The van der Waals surface area contributed by atoms with Crippen LogP contribution in [0, 0.1) is 5.92 Å².